The molecule has 0 saturated heterocycles. The van der Waals surface area contributed by atoms with Gasteiger partial charge in [-0.25, -0.2) is 0 Å². The second kappa shape index (κ2) is 41.5. The molecule has 0 bridgehead atoms. The SMILES string of the molecule is C=C(C)CC(=O)CC(N)C(=O)O.C=C(C)CSCC(N)C(=O)O.C=C(C)CSCCC(N)C(=O)O.C=C(C)CSCCCC(N)C(=O)O.CC(=O)CC(=O)CCC(N)C(=O)O. The molecule has 21 heteroatoms. The number of hydrogen-bond acceptors (Lipinski definition) is 16. The number of carbonyl (C=O) groups is 8. The molecular formula is C40H71N5O13S3. The maximum absolute atomic E-state index is 11.0. The third-order valence-corrected chi connectivity index (χ3v) is 10.2. The highest BCUT2D eigenvalue weighted by atomic mass is 32.2. The molecule has 0 aromatic heterocycles. The smallest absolute Gasteiger partial charge is 0.321 e. The summed E-state index contributed by atoms with van der Waals surface area (Å²) in [4.78, 5) is 83.6. The Hall–Kier alpha value is -3.83. The standard InChI is InChI=1S/C9H17NO2S.C8H13NO4.C8H13NO3.C8H15NO2S.C7H13NO2S/c1-7(2)6-13-5-3-4-8(10)9(11)12;1-5(10)4-6(11)2-3-7(9)8(12)13;1-5(2)3-6(10)4-7(9)8(11)12;1-6(2)5-12-4-3-7(9)8(10)11;1-5(2)3-11-4-6(8)7(9)10/h8H,1,3-6,10H2,2H3,(H,11,12);7H,2-4,9H2,1H3,(H,12,13);7H,1,3-4,9H2,2H3,(H,11,12);7H,1,3-5,9H2,2H3,(H,10,11);6H,1,3-4,8H2,2H3,(H,9,10). The van der Waals surface area contributed by atoms with Crippen LogP contribution in [0.1, 0.15) is 86.0 Å². The number of ketones is 3. The summed E-state index contributed by atoms with van der Waals surface area (Å²) in [6.45, 7) is 23.6. The number of Topliss-reactive ketones (excluding diaryl/α,β-unsaturated/α-hetero) is 3. The maximum Gasteiger partial charge on any atom is 0.321 e. The molecule has 0 fully saturated rings. The molecule has 0 aliphatic carbocycles. The van der Waals surface area contributed by atoms with Crippen molar-refractivity contribution in [3.05, 3.63) is 48.6 Å². The molecular weight excluding hydrogens is 855 g/mol. The van der Waals surface area contributed by atoms with E-state index < -0.39 is 60.1 Å². The molecule has 0 radical (unpaired) electrons. The lowest BCUT2D eigenvalue weighted by atomic mass is 10.1. The van der Waals surface area contributed by atoms with Gasteiger partial charge in [0.05, 0.1) is 6.42 Å². The molecule has 0 amide bonds. The number of hydrogen-bond donors (Lipinski definition) is 10. The van der Waals surface area contributed by atoms with Gasteiger partial charge in [0.1, 0.15) is 47.6 Å². The van der Waals surface area contributed by atoms with Crippen molar-refractivity contribution >= 4 is 82.5 Å². The number of thioether (sulfide) groups is 3. The number of allylic oxidation sites excluding steroid dienone is 1. The molecule has 0 rings (SSSR count). The minimum absolute atomic E-state index is 0.0487. The predicted octanol–water partition coefficient (Wildman–Crippen LogP) is 3.34. The minimum atomic E-state index is -1.15. The van der Waals surface area contributed by atoms with Crippen molar-refractivity contribution in [3.8, 4) is 0 Å². The maximum atomic E-state index is 11.0. The van der Waals surface area contributed by atoms with E-state index in [4.69, 9.17) is 54.2 Å². The number of carboxylic acid groups (broad SMARTS) is 5. The van der Waals surface area contributed by atoms with Gasteiger partial charge in [-0.3, -0.25) is 38.4 Å². The van der Waals surface area contributed by atoms with E-state index in [0.29, 0.717) is 18.6 Å². The largest absolute Gasteiger partial charge is 0.480 e. The van der Waals surface area contributed by atoms with Crippen LogP contribution in [0.25, 0.3) is 0 Å². The molecule has 0 spiro atoms. The molecule has 0 aromatic carbocycles. The van der Waals surface area contributed by atoms with E-state index in [0.717, 1.165) is 57.5 Å². The van der Waals surface area contributed by atoms with E-state index in [1.807, 2.05) is 20.8 Å². The van der Waals surface area contributed by atoms with Crippen molar-refractivity contribution in [1.29, 1.82) is 0 Å². The van der Waals surface area contributed by atoms with Gasteiger partial charge in [-0.2, -0.15) is 35.3 Å². The molecule has 0 aliphatic rings. The summed E-state index contributed by atoms with van der Waals surface area (Å²) < 4.78 is 0. The lowest BCUT2D eigenvalue weighted by Crippen LogP contribution is -2.32. The summed E-state index contributed by atoms with van der Waals surface area (Å²) in [6.07, 6.45) is 2.02. The fourth-order valence-electron chi connectivity index (χ4n) is 3.33. The molecule has 18 nitrogen and oxygen atoms in total. The average Bonchev–Trinajstić information content (AvgIpc) is 3.11. The normalized spacial score (nSPS) is 12.4. The van der Waals surface area contributed by atoms with Crippen molar-refractivity contribution in [3.63, 3.8) is 0 Å². The van der Waals surface area contributed by atoms with Gasteiger partial charge < -0.3 is 54.2 Å². The molecule has 0 aromatic rings. The van der Waals surface area contributed by atoms with Crippen LogP contribution in [-0.2, 0) is 38.4 Å². The Labute approximate surface area is 373 Å². The Morgan fingerprint density at radius 3 is 1.21 bits per heavy atom. The molecule has 15 N–H and O–H groups in total. The highest BCUT2D eigenvalue weighted by Crippen LogP contribution is 2.10. The highest BCUT2D eigenvalue weighted by molar-refractivity contribution is 7.99. The minimum Gasteiger partial charge on any atom is -0.480 e. The van der Waals surface area contributed by atoms with Crippen LogP contribution in [0.5, 0.6) is 0 Å². The zero-order valence-electron chi connectivity index (χ0n) is 36.2. The summed E-state index contributed by atoms with van der Waals surface area (Å²) in [5.41, 5.74) is 30.2. The van der Waals surface area contributed by atoms with Gasteiger partial charge in [0.25, 0.3) is 0 Å². The molecule has 0 heterocycles. The quantitative estimate of drug-likeness (QED) is 0.0292. The van der Waals surface area contributed by atoms with Gasteiger partial charge >= 0.3 is 29.8 Å². The van der Waals surface area contributed by atoms with Gasteiger partial charge in [0, 0.05) is 42.3 Å². The first kappa shape index (κ1) is 66.3. The van der Waals surface area contributed by atoms with Crippen molar-refractivity contribution < 1.29 is 63.9 Å². The van der Waals surface area contributed by atoms with Crippen LogP contribution in [0.2, 0.25) is 0 Å². The van der Waals surface area contributed by atoms with E-state index >= 15 is 0 Å². The first-order valence-electron chi connectivity index (χ1n) is 18.7. The highest BCUT2D eigenvalue weighted by Gasteiger charge is 2.16. The Morgan fingerprint density at radius 2 is 0.836 bits per heavy atom. The van der Waals surface area contributed by atoms with Gasteiger partial charge in [0.15, 0.2) is 0 Å². The summed E-state index contributed by atoms with van der Waals surface area (Å²) in [5, 5.41) is 42.0. The monoisotopic (exact) mass is 925 g/mol. The van der Waals surface area contributed by atoms with Gasteiger partial charge in [-0.15, -0.1) is 0 Å². The third kappa shape index (κ3) is 56.2. The number of rotatable bonds is 29. The van der Waals surface area contributed by atoms with Crippen LogP contribution in [0.3, 0.4) is 0 Å². The number of carboxylic acids is 5. The van der Waals surface area contributed by atoms with Crippen molar-refractivity contribution in [2.24, 2.45) is 28.7 Å². The van der Waals surface area contributed by atoms with Crippen LogP contribution in [0.15, 0.2) is 48.6 Å². The fraction of sp³-hybridized carbons (Fsp3) is 0.600. The van der Waals surface area contributed by atoms with Crippen LogP contribution in [0, 0.1) is 0 Å². The van der Waals surface area contributed by atoms with E-state index in [1.165, 1.54) is 18.7 Å². The third-order valence-electron chi connectivity index (χ3n) is 6.43. The topological polar surface area (TPSA) is 368 Å². The van der Waals surface area contributed by atoms with Gasteiger partial charge in [0.2, 0.25) is 0 Å². The first-order chi connectivity index (χ1) is 28.0. The zero-order chi connectivity index (χ0) is 48.8. The molecule has 5 unspecified atom stereocenters. The van der Waals surface area contributed by atoms with Gasteiger partial charge in [-0.1, -0.05) is 48.6 Å². The lowest BCUT2D eigenvalue weighted by molar-refractivity contribution is -0.140. The van der Waals surface area contributed by atoms with Gasteiger partial charge in [-0.05, 0) is 71.8 Å². The molecule has 0 saturated carbocycles. The number of aliphatic carboxylic acids is 5. The lowest BCUT2D eigenvalue weighted by Gasteiger charge is -2.05. The second-order valence-corrected chi connectivity index (χ2v) is 17.2. The Morgan fingerprint density at radius 1 is 0.459 bits per heavy atom. The van der Waals surface area contributed by atoms with Crippen molar-refractivity contribution in [2.75, 3.05) is 34.5 Å². The summed E-state index contributed by atoms with van der Waals surface area (Å²) in [5.74, 6) is -0.933. The van der Waals surface area contributed by atoms with Crippen molar-refractivity contribution in [1.82, 2.24) is 0 Å². The van der Waals surface area contributed by atoms with Crippen LogP contribution < -0.4 is 28.7 Å². The second-order valence-electron chi connectivity index (χ2n) is 14.0. The predicted molar refractivity (Wildman–Crippen MR) is 247 cm³/mol. The molecule has 352 valence electrons. The Bertz CT molecular complexity index is 1430. The van der Waals surface area contributed by atoms with Crippen molar-refractivity contribution in [2.45, 2.75) is 116 Å². The van der Waals surface area contributed by atoms with E-state index in [-0.39, 0.29) is 49.5 Å². The Kier molecular flexibility index (Phi) is 45.1. The summed E-state index contributed by atoms with van der Waals surface area (Å²) in [7, 11) is 0. The molecule has 0 aliphatic heterocycles. The van der Waals surface area contributed by atoms with E-state index in [9.17, 15) is 38.4 Å². The van der Waals surface area contributed by atoms with Crippen LogP contribution in [0.4, 0.5) is 0 Å². The van der Waals surface area contributed by atoms with E-state index in [2.05, 4.69) is 26.3 Å². The average molecular weight is 926 g/mol. The summed E-state index contributed by atoms with van der Waals surface area (Å²) in [6, 6.07) is -4.28. The number of carbonyl (C=O) groups excluding carboxylic acids is 3. The Balaban J connectivity index is -0.000000214. The zero-order valence-corrected chi connectivity index (χ0v) is 38.7. The molecule has 61 heavy (non-hydrogen) atoms. The first-order valence-corrected chi connectivity index (χ1v) is 22.2. The summed E-state index contributed by atoms with van der Waals surface area (Å²) >= 11 is 4.92. The van der Waals surface area contributed by atoms with Crippen LogP contribution >= 0.6 is 35.3 Å². The fourth-order valence-corrected chi connectivity index (χ4v) is 5.97. The number of nitrogens with two attached hydrogens (primary N) is 5. The molecule has 5 atom stereocenters. The van der Waals surface area contributed by atoms with Crippen LogP contribution in [-0.4, -0.2) is 137 Å². The van der Waals surface area contributed by atoms with E-state index in [1.54, 1.807) is 30.4 Å².